The van der Waals surface area contributed by atoms with Crippen LogP contribution in [0.2, 0.25) is 0 Å². The van der Waals surface area contributed by atoms with Crippen LogP contribution in [0.1, 0.15) is 27.7 Å². The van der Waals surface area contributed by atoms with Gasteiger partial charge in [-0.2, -0.15) is 0 Å². The van der Waals surface area contributed by atoms with Crippen LogP contribution in [0.4, 0.5) is 0 Å². The summed E-state index contributed by atoms with van der Waals surface area (Å²) in [4.78, 5) is 3.67. The third kappa shape index (κ3) is 2.55. The van der Waals surface area contributed by atoms with Crippen LogP contribution in [0.15, 0.2) is 0 Å². The molecule has 13 heavy (non-hydrogen) atoms. The van der Waals surface area contributed by atoms with E-state index >= 15 is 0 Å². The summed E-state index contributed by atoms with van der Waals surface area (Å²) in [6.45, 7) is 13.3. The predicted octanol–water partition coefficient (Wildman–Crippen LogP) is 3.38. The third-order valence-corrected chi connectivity index (χ3v) is 4.38. The standard InChI is InChI=1S/C8H15IN2OP/c1-7(2,8(3,4)12-9)11(10-5)13-6/h5H,6H2,1-4H3/q+1. The number of halogens is 1. The molecule has 5 heteroatoms. The van der Waals surface area contributed by atoms with Crippen LogP contribution in [0, 0.1) is 6.57 Å². The molecule has 0 spiro atoms. The fourth-order valence-corrected chi connectivity index (χ4v) is 1.90. The topological polar surface area (TPSA) is 16.8 Å². The van der Waals surface area contributed by atoms with E-state index in [4.69, 9.17) is 9.64 Å². The van der Waals surface area contributed by atoms with Gasteiger partial charge in [0.25, 0.3) is 0 Å². The highest BCUT2D eigenvalue weighted by Gasteiger charge is 2.47. The molecular weight excluding hydrogens is 298 g/mol. The van der Waals surface area contributed by atoms with Crippen LogP contribution in [0.5, 0.6) is 0 Å². The molecular formula is C8H15IN2OP+. The number of rotatable bonds is 4. The summed E-state index contributed by atoms with van der Waals surface area (Å²) in [7, 11) is 0.756. The molecule has 0 amide bonds. The molecule has 0 saturated carbocycles. The van der Waals surface area contributed by atoms with Crippen LogP contribution >= 0.6 is 31.4 Å². The van der Waals surface area contributed by atoms with Gasteiger partial charge in [-0.3, -0.25) is 0 Å². The maximum atomic E-state index is 5.37. The van der Waals surface area contributed by atoms with E-state index in [1.807, 2.05) is 50.7 Å². The number of nitrogens with zero attached hydrogens (tertiary/aromatic N) is 2. The maximum absolute atomic E-state index is 5.37. The summed E-state index contributed by atoms with van der Waals surface area (Å²) < 4.78 is 7.05. The molecule has 3 nitrogen and oxygen atoms in total. The summed E-state index contributed by atoms with van der Waals surface area (Å²) >= 11 is 1.89. The molecule has 0 atom stereocenters. The zero-order chi connectivity index (χ0) is 10.7. The Balaban J connectivity index is 4.95. The van der Waals surface area contributed by atoms with E-state index in [0.717, 1.165) is 8.35 Å². The smallest absolute Gasteiger partial charge is 0.305 e. The molecule has 0 rings (SSSR count). The molecule has 0 aliphatic carbocycles. The Morgan fingerprint density at radius 3 is 2.15 bits per heavy atom. The van der Waals surface area contributed by atoms with Crippen LogP contribution in [0.3, 0.4) is 0 Å². The molecule has 0 N–H and O–H groups in total. The zero-order valence-electron chi connectivity index (χ0n) is 8.41. The summed E-state index contributed by atoms with van der Waals surface area (Å²) in [5.74, 6) is 0. The molecule has 0 unspecified atom stereocenters. The van der Waals surface area contributed by atoms with Gasteiger partial charge in [0.1, 0.15) is 34.1 Å². The van der Waals surface area contributed by atoms with Crippen molar-refractivity contribution < 1.29 is 3.07 Å². The first-order valence-electron chi connectivity index (χ1n) is 3.81. The predicted molar refractivity (Wildman–Crippen MR) is 67.4 cm³/mol. The largest absolute Gasteiger partial charge is 0.307 e. The minimum atomic E-state index is -0.346. The molecule has 74 valence electrons. The van der Waals surface area contributed by atoms with Crippen molar-refractivity contribution in [1.29, 1.82) is 0 Å². The van der Waals surface area contributed by atoms with Crippen molar-refractivity contribution in [2.45, 2.75) is 38.8 Å². The number of hydrogen-bond donors (Lipinski definition) is 0. The normalized spacial score (nSPS) is 12.6. The monoisotopic (exact) mass is 313 g/mol. The Morgan fingerprint density at radius 1 is 1.46 bits per heavy atom. The highest BCUT2D eigenvalue weighted by atomic mass is 127. The SMILES string of the molecule is C#[N+]N(P=C)C(C)(C)C(C)(C)OI. The quantitative estimate of drug-likeness (QED) is 0.449. The van der Waals surface area contributed by atoms with Crippen molar-refractivity contribution in [3.8, 4) is 6.57 Å². The molecule has 0 aliphatic rings. The fourth-order valence-electron chi connectivity index (χ4n) is 0.693. The van der Waals surface area contributed by atoms with E-state index in [9.17, 15) is 0 Å². The van der Waals surface area contributed by atoms with Crippen molar-refractivity contribution in [3.63, 3.8) is 0 Å². The Labute approximate surface area is 95.8 Å². The summed E-state index contributed by atoms with van der Waals surface area (Å²) in [6.07, 6.45) is 3.74. The first-order valence-corrected chi connectivity index (χ1v) is 5.72. The van der Waals surface area contributed by atoms with Crippen molar-refractivity contribution in [1.82, 2.24) is 4.78 Å². The van der Waals surface area contributed by atoms with Gasteiger partial charge in [0.2, 0.25) is 0 Å². The lowest BCUT2D eigenvalue weighted by Gasteiger charge is -2.37. The molecule has 0 bridgehead atoms. The second kappa shape index (κ2) is 4.59. The minimum absolute atomic E-state index is 0.299. The van der Waals surface area contributed by atoms with Crippen molar-refractivity contribution in [2.24, 2.45) is 0 Å². The molecule has 0 fully saturated rings. The maximum Gasteiger partial charge on any atom is 0.305 e. The van der Waals surface area contributed by atoms with Gasteiger partial charge < -0.3 is 3.07 Å². The Hall–Kier alpha value is 0.150. The van der Waals surface area contributed by atoms with Crippen LogP contribution in [-0.4, -0.2) is 22.2 Å². The van der Waals surface area contributed by atoms with E-state index < -0.39 is 0 Å². The highest BCUT2D eigenvalue weighted by molar-refractivity contribution is 14.1. The van der Waals surface area contributed by atoms with E-state index in [1.165, 1.54) is 0 Å². The summed E-state index contributed by atoms with van der Waals surface area (Å²) in [5, 5.41) is 0. The fraction of sp³-hybridized carbons (Fsp3) is 0.750. The first kappa shape index (κ1) is 13.2. The van der Waals surface area contributed by atoms with E-state index in [2.05, 4.69) is 11.3 Å². The minimum Gasteiger partial charge on any atom is -0.307 e. The molecule has 0 aliphatic heterocycles. The molecule has 0 aromatic carbocycles. The Kier molecular flexibility index (Phi) is 4.64. The van der Waals surface area contributed by atoms with E-state index in [-0.39, 0.29) is 11.1 Å². The van der Waals surface area contributed by atoms with Crippen LogP contribution in [-0.2, 0) is 3.07 Å². The number of hydrogen-bond acceptors (Lipinski definition) is 2. The van der Waals surface area contributed by atoms with Crippen molar-refractivity contribution in [2.75, 3.05) is 0 Å². The van der Waals surface area contributed by atoms with E-state index in [0.29, 0.717) is 0 Å². The lowest BCUT2D eigenvalue weighted by molar-refractivity contribution is 0.0334. The van der Waals surface area contributed by atoms with Crippen molar-refractivity contribution in [3.05, 3.63) is 4.95 Å². The van der Waals surface area contributed by atoms with Gasteiger partial charge in [0, 0.05) is 0 Å². The molecule has 0 radical (unpaired) electrons. The molecule has 0 aromatic heterocycles. The lowest BCUT2D eigenvalue weighted by atomic mass is 9.87. The van der Waals surface area contributed by atoms with Gasteiger partial charge in [0.05, 0.1) is 13.3 Å². The van der Waals surface area contributed by atoms with Crippen molar-refractivity contribution >= 4 is 37.7 Å². The van der Waals surface area contributed by atoms with Gasteiger partial charge in [-0.05, 0) is 38.8 Å². The average Bonchev–Trinajstić information content (AvgIpc) is 2.06. The van der Waals surface area contributed by atoms with Crippen LogP contribution < -0.4 is 0 Å². The molecule has 0 saturated heterocycles. The summed E-state index contributed by atoms with van der Waals surface area (Å²) in [5.41, 5.74) is -0.645. The molecule has 0 aromatic rings. The average molecular weight is 313 g/mol. The van der Waals surface area contributed by atoms with Gasteiger partial charge in [-0.25, -0.2) is 0 Å². The van der Waals surface area contributed by atoms with Gasteiger partial charge in [-0.1, -0.05) is 0 Å². The second-order valence-corrected chi connectivity index (χ2v) is 4.79. The van der Waals surface area contributed by atoms with Gasteiger partial charge in [0.15, 0.2) is 0 Å². The van der Waals surface area contributed by atoms with Gasteiger partial charge >= 0.3 is 6.57 Å². The second-order valence-electron chi connectivity index (χ2n) is 3.69. The van der Waals surface area contributed by atoms with Crippen LogP contribution in [0.25, 0.3) is 4.95 Å². The summed E-state index contributed by atoms with van der Waals surface area (Å²) in [6, 6.07) is 0. The first-order chi connectivity index (χ1) is 5.83. The highest BCUT2D eigenvalue weighted by Crippen LogP contribution is 2.36. The lowest BCUT2D eigenvalue weighted by Crippen LogP contribution is -2.52. The zero-order valence-corrected chi connectivity index (χ0v) is 11.5. The van der Waals surface area contributed by atoms with E-state index in [1.54, 1.807) is 4.78 Å². The Bertz CT molecular complexity index is 235. The molecule has 0 heterocycles. The van der Waals surface area contributed by atoms with Gasteiger partial charge in [-0.15, -0.1) is 0 Å². The Morgan fingerprint density at radius 2 is 1.92 bits per heavy atom. The third-order valence-electron chi connectivity index (χ3n) is 2.41.